The van der Waals surface area contributed by atoms with E-state index in [1.54, 1.807) is 0 Å². The van der Waals surface area contributed by atoms with Crippen molar-refractivity contribution in [2.45, 2.75) is 19.1 Å². The summed E-state index contributed by atoms with van der Waals surface area (Å²) in [4.78, 5) is 13.7. The summed E-state index contributed by atoms with van der Waals surface area (Å²) >= 11 is 2.85. The molecular formula is C13H14BrF3N2O. The van der Waals surface area contributed by atoms with Crippen LogP contribution in [-0.2, 0) is 6.18 Å². The van der Waals surface area contributed by atoms with Crippen LogP contribution in [0.1, 0.15) is 22.8 Å². The Labute approximate surface area is 123 Å². The monoisotopic (exact) mass is 350 g/mol. The van der Waals surface area contributed by atoms with Crippen molar-refractivity contribution in [1.82, 2.24) is 4.90 Å². The summed E-state index contributed by atoms with van der Waals surface area (Å²) in [5, 5.41) is 0. The van der Waals surface area contributed by atoms with Crippen molar-refractivity contribution >= 4 is 21.8 Å². The smallest absolute Gasteiger partial charge is 0.337 e. The molecule has 1 aliphatic heterocycles. The van der Waals surface area contributed by atoms with E-state index in [1.807, 2.05) is 6.92 Å². The third kappa shape index (κ3) is 2.98. The number of carbonyl (C=O) groups excluding carboxylic acids is 1. The summed E-state index contributed by atoms with van der Waals surface area (Å²) in [6.45, 7) is 2.76. The maximum absolute atomic E-state index is 12.8. The zero-order valence-electron chi connectivity index (χ0n) is 10.7. The number of halogens is 4. The van der Waals surface area contributed by atoms with Crippen LogP contribution in [0.5, 0.6) is 0 Å². The molecule has 2 N–H and O–H groups in total. The second-order valence-electron chi connectivity index (χ2n) is 5.04. The van der Waals surface area contributed by atoms with Gasteiger partial charge >= 0.3 is 6.18 Å². The van der Waals surface area contributed by atoms with Crippen molar-refractivity contribution in [3.63, 3.8) is 0 Å². The van der Waals surface area contributed by atoms with E-state index in [2.05, 4.69) is 15.9 Å². The summed E-state index contributed by atoms with van der Waals surface area (Å²) < 4.78 is 38.4. The van der Waals surface area contributed by atoms with E-state index in [9.17, 15) is 18.0 Å². The minimum Gasteiger partial charge on any atom is -0.337 e. The van der Waals surface area contributed by atoms with Crippen LogP contribution in [0.3, 0.4) is 0 Å². The van der Waals surface area contributed by atoms with Gasteiger partial charge in [0.05, 0.1) is 5.56 Å². The number of benzene rings is 1. The van der Waals surface area contributed by atoms with Crippen molar-refractivity contribution in [2.75, 3.05) is 13.1 Å². The molecule has 0 aromatic heterocycles. The van der Waals surface area contributed by atoms with Crippen LogP contribution in [0, 0.1) is 5.92 Å². The molecule has 2 atom stereocenters. The molecule has 0 saturated carbocycles. The van der Waals surface area contributed by atoms with Crippen molar-refractivity contribution in [1.29, 1.82) is 0 Å². The largest absolute Gasteiger partial charge is 0.417 e. The van der Waals surface area contributed by atoms with E-state index in [0.717, 1.165) is 6.07 Å². The number of rotatable bonds is 1. The molecule has 1 amide bonds. The summed E-state index contributed by atoms with van der Waals surface area (Å²) in [5.41, 5.74) is 5.01. The Hall–Kier alpha value is -1.08. The van der Waals surface area contributed by atoms with Gasteiger partial charge in [0.25, 0.3) is 5.91 Å². The maximum atomic E-state index is 12.8. The van der Waals surface area contributed by atoms with Gasteiger partial charge in [-0.15, -0.1) is 0 Å². The fraction of sp³-hybridized carbons (Fsp3) is 0.462. The highest BCUT2D eigenvalue weighted by atomic mass is 79.9. The molecule has 1 aromatic rings. The van der Waals surface area contributed by atoms with Crippen LogP contribution in [0.15, 0.2) is 22.7 Å². The van der Waals surface area contributed by atoms with E-state index in [0.29, 0.717) is 13.1 Å². The topological polar surface area (TPSA) is 46.3 Å². The zero-order chi connectivity index (χ0) is 15.1. The lowest BCUT2D eigenvalue weighted by Crippen LogP contribution is -2.32. The van der Waals surface area contributed by atoms with Crippen molar-refractivity contribution in [3.05, 3.63) is 33.8 Å². The third-order valence-corrected chi connectivity index (χ3v) is 4.17. The molecule has 20 heavy (non-hydrogen) atoms. The highest BCUT2D eigenvalue weighted by molar-refractivity contribution is 9.10. The minimum atomic E-state index is -4.50. The molecule has 2 unspecified atom stereocenters. The van der Waals surface area contributed by atoms with Crippen molar-refractivity contribution < 1.29 is 18.0 Å². The van der Waals surface area contributed by atoms with E-state index >= 15 is 0 Å². The van der Waals surface area contributed by atoms with Crippen LogP contribution < -0.4 is 5.73 Å². The number of likely N-dealkylation sites (tertiary alicyclic amines) is 1. The third-order valence-electron chi connectivity index (χ3n) is 3.48. The average Bonchev–Trinajstić information content (AvgIpc) is 2.68. The Bertz CT molecular complexity index is 523. The second kappa shape index (κ2) is 5.37. The van der Waals surface area contributed by atoms with Gasteiger partial charge in [0.15, 0.2) is 0 Å². The van der Waals surface area contributed by atoms with Gasteiger partial charge in [0.2, 0.25) is 0 Å². The number of hydrogen-bond donors (Lipinski definition) is 1. The first kappa shape index (κ1) is 15.3. The van der Waals surface area contributed by atoms with Gasteiger partial charge in [-0.1, -0.05) is 22.9 Å². The molecule has 110 valence electrons. The number of nitrogens with two attached hydrogens (primary N) is 1. The summed E-state index contributed by atoms with van der Waals surface area (Å²) in [5.74, 6) is -0.265. The van der Waals surface area contributed by atoms with Crippen LogP contribution in [0.25, 0.3) is 0 Å². The molecule has 0 aliphatic carbocycles. The molecule has 0 bridgehead atoms. The molecule has 1 aliphatic rings. The Morgan fingerprint density at radius 2 is 2.05 bits per heavy atom. The van der Waals surface area contributed by atoms with Crippen LogP contribution in [0.4, 0.5) is 13.2 Å². The second-order valence-corrected chi connectivity index (χ2v) is 5.90. The van der Waals surface area contributed by atoms with E-state index < -0.39 is 17.6 Å². The average molecular weight is 351 g/mol. The highest BCUT2D eigenvalue weighted by Crippen LogP contribution is 2.35. The zero-order valence-corrected chi connectivity index (χ0v) is 12.3. The number of carbonyl (C=O) groups is 1. The van der Waals surface area contributed by atoms with Gasteiger partial charge in [-0.05, 0) is 24.1 Å². The van der Waals surface area contributed by atoms with Crippen LogP contribution in [0.2, 0.25) is 0 Å². The first-order valence-corrected chi connectivity index (χ1v) is 6.91. The lowest BCUT2D eigenvalue weighted by molar-refractivity contribution is -0.138. The summed E-state index contributed by atoms with van der Waals surface area (Å²) in [6, 6.07) is 3.38. The minimum absolute atomic E-state index is 0.0295. The maximum Gasteiger partial charge on any atom is 0.417 e. The lowest BCUT2D eigenvalue weighted by Gasteiger charge is -2.17. The molecule has 1 heterocycles. The van der Waals surface area contributed by atoms with Gasteiger partial charge < -0.3 is 10.6 Å². The fourth-order valence-corrected chi connectivity index (χ4v) is 2.69. The van der Waals surface area contributed by atoms with E-state index in [4.69, 9.17) is 5.73 Å². The summed E-state index contributed by atoms with van der Waals surface area (Å²) in [6.07, 6.45) is -4.50. The molecule has 2 rings (SSSR count). The summed E-state index contributed by atoms with van der Waals surface area (Å²) in [7, 11) is 0. The van der Waals surface area contributed by atoms with Crippen LogP contribution in [-0.4, -0.2) is 29.9 Å². The first-order chi connectivity index (χ1) is 9.20. The van der Waals surface area contributed by atoms with Crippen molar-refractivity contribution in [3.8, 4) is 0 Å². The normalized spacial score (nSPS) is 23.2. The lowest BCUT2D eigenvalue weighted by atomic mass is 10.1. The number of hydrogen-bond acceptors (Lipinski definition) is 2. The quantitative estimate of drug-likeness (QED) is 0.846. The van der Waals surface area contributed by atoms with E-state index in [-0.39, 0.29) is 22.0 Å². The number of nitrogens with zero attached hydrogens (tertiary/aromatic N) is 1. The van der Waals surface area contributed by atoms with Crippen molar-refractivity contribution in [2.24, 2.45) is 11.7 Å². The number of alkyl halides is 3. The SMILES string of the molecule is CC1CN(C(=O)c2ccc(Br)c(C(F)(F)F)c2)CC1N. The van der Waals surface area contributed by atoms with Gasteiger partial charge in [-0.25, -0.2) is 0 Å². The number of amides is 1. The van der Waals surface area contributed by atoms with Gasteiger partial charge in [-0.2, -0.15) is 13.2 Å². The van der Waals surface area contributed by atoms with Crippen LogP contribution >= 0.6 is 15.9 Å². The first-order valence-electron chi connectivity index (χ1n) is 6.11. The van der Waals surface area contributed by atoms with Gasteiger partial charge in [0, 0.05) is 29.2 Å². The Kier molecular flexibility index (Phi) is 4.11. The Balaban J connectivity index is 2.28. The molecular weight excluding hydrogens is 337 g/mol. The molecule has 7 heteroatoms. The van der Waals surface area contributed by atoms with Gasteiger partial charge in [-0.3, -0.25) is 4.79 Å². The van der Waals surface area contributed by atoms with Gasteiger partial charge in [0.1, 0.15) is 0 Å². The molecule has 0 spiro atoms. The molecule has 1 fully saturated rings. The molecule has 1 saturated heterocycles. The molecule has 0 radical (unpaired) electrons. The Morgan fingerprint density at radius 1 is 1.40 bits per heavy atom. The predicted octanol–water partition coefficient (Wildman–Crippen LogP) is 2.89. The Morgan fingerprint density at radius 3 is 2.55 bits per heavy atom. The fourth-order valence-electron chi connectivity index (χ4n) is 2.22. The standard InChI is InChI=1S/C13H14BrF3N2O/c1-7-5-19(6-11(7)18)12(20)8-2-3-10(14)9(4-8)13(15,16)17/h2-4,7,11H,5-6,18H2,1H3. The predicted molar refractivity (Wildman–Crippen MR) is 72.2 cm³/mol. The molecule has 3 nitrogen and oxygen atoms in total. The van der Waals surface area contributed by atoms with E-state index in [1.165, 1.54) is 17.0 Å². The highest BCUT2D eigenvalue weighted by Gasteiger charge is 2.35. The molecule has 1 aromatic carbocycles.